The lowest BCUT2D eigenvalue weighted by atomic mass is 9.99. The van der Waals surface area contributed by atoms with E-state index in [0.717, 1.165) is 5.56 Å². The van der Waals surface area contributed by atoms with Crippen molar-refractivity contribution in [2.24, 2.45) is 0 Å². The lowest BCUT2D eigenvalue weighted by molar-refractivity contribution is -0.159. The fourth-order valence-electron chi connectivity index (χ4n) is 1.59. The van der Waals surface area contributed by atoms with Crippen molar-refractivity contribution < 1.29 is 24.5 Å². The molecule has 5 heteroatoms. The Balaban J connectivity index is 2.95. The molecule has 0 spiro atoms. The van der Waals surface area contributed by atoms with Crippen molar-refractivity contribution in [2.45, 2.75) is 26.1 Å². The number of carbonyl (C=O) groups is 1. The number of hydrogen-bond donors (Lipinski definition) is 2. The molecule has 0 amide bonds. The Morgan fingerprint density at radius 3 is 2.61 bits per heavy atom. The van der Waals surface area contributed by atoms with Gasteiger partial charge >= 0.3 is 5.97 Å². The maximum Gasteiger partial charge on any atom is 0.338 e. The second-order valence-corrected chi connectivity index (χ2v) is 3.86. The molecule has 0 aromatic heterocycles. The zero-order valence-corrected chi connectivity index (χ0v) is 10.7. The summed E-state index contributed by atoms with van der Waals surface area (Å²) in [6.45, 7) is 3.56. The molecular weight excluding hydrogens is 236 g/mol. The summed E-state index contributed by atoms with van der Waals surface area (Å²) in [6, 6.07) is 5.07. The lowest BCUT2D eigenvalue weighted by Gasteiger charge is -2.19. The zero-order valence-electron chi connectivity index (χ0n) is 10.7. The monoisotopic (exact) mass is 254 g/mol. The zero-order chi connectivity index (χ0) is 13.7. The van der Waals surface area contributed by atoms with Crippen LogP contribution in [0, 0.1) is 6.92 Å². The van der Waals surface area contributed by atoms with Crippen molar-refractivity contribution in [2.75, 3.05) is 13.7 Å². The van der Waals surface area contributed by atoms with Crippen LogP contribution < -0.4 is 4.74 Å². The van der Waals surface area contributed by atoms with Gasteiger partial charge in [-0.05, 0) is 37.1 Å². The molecule has 0 saturated carbocycles. The molecule has 0 saturated heterocycles. The Kier molecular flexibility index (Phi) is 5.12. The van der Waals surface area contributed by atoms with Crippen LogP contribution >= 0.6 is 0 Å². The maximum atomic E-state index is 11.4. The van der Waals surface area contributed by atoms with Gasteiger partial charge in [0.2, 0.25) is 0 Å². The summed E-state index contributed by atoms with van der Waals surface area (Å²) in [7, 11) is 1.50. The average Bonchev–Trinajstić information content (AvgIpc) is 2.38. The topological polar surface area (TPSA) is 76.0 Å². The number of carbonyl (C=O) groups excluding carboxylic acids is 1. The van der Waals surface area contributed by atoms with Gasteiger partial charge in [-0.15, -0.1) is 0 Å². The van der Waals surface area contributed by atoms with E-state index in [1.54, 1.807) is 32.0 Å². The first-order valence-corrected chi connectivity index (χ1v) is 5.68. The Labute approximate surface area is 106 Å². The third kappa shape index (κ3) is 3.21. The van der Waals surface area contributed by atoms with Crippen molar-refractivity contribution in [1.82, 2.24) is 0 Å². The van der Waals surface area contributed by atoms with Gasteiger partial charge in [-0.25, -0.2) is 4.79 Å². The quantitative estimate of drug-likeness (QED) is 0.765. The average molecular weight is 254 g/mol. The number of aliphatic hydroxyl groups is 2. The Bertz CT molecular complexity index is 416. The van der Waals surface area contributed by atoms with Crippen LogP contribution in [-0.4, -0.2) is 36.0 Å². The highest BCUT2D eigenvalue weighted by Crippen LogP contribution is 2.25. The standard InChI is InChI=1S/C13H18O5/c1-4-18-13(16)12(15)11(14)10-7-9(17-3)6-5-8(10)2/h5-7,11-12,14-15H,4H2,1-3H3. The molecule has 0 aliphatic carbocycles. The van der Waals surface area contributed by atoms with E-state index in [-0.39, 0.29) is 6.61 Å². The van der Waals surface area contributed by atoms with E-state index in [9.17, 15) is 15.0 Å². The first-order valence-electron chi connectivity index (χ1n) is 5.68. The fraction of sp³-hybridized carbons (Fsp3) is 0.462. The van der Waals surface area contributed by atoms with Crippen molar-refractivity contribution in [3.63, 3.8) is 0 Å². The molecule has 1 aromatic carbocycles. The van der Waals surface area contributed by atoms with Crippen LogP contribution in [0.4, 0.5) is 0 Å². The predicted octanol–water partition coefficient (Wildman–Crippen LogP) is 0.961. The first kappa shape index (κ1) is 14.5. The van der Waals surface area contributed by atoms with E-state index in [2.05, 4.69) is 4.74 Å². The molecule has 2 atom stereocenters. The number of rotatable bonds is 5. The molecular formula is C13H18O5. The van der Waals surface area contributed by atoms with Gasteiger partial charge in [0.05, 0.1) is 13.7 Å². The molecule has 1 rings (SSSR count). The normalized spacial score (nSPS) is 13.8. The summed E-state index contributed by atoms with van der Waals surface area (Å²) in [5.41, 5.74) is 1.20. The van der Waals surface area contributed by atoms with Crippen LogP contribution in [0.1, 0.15) is 24.2 Å². The highest BCUT2D eigenvalue weighted by atomic mass is 16.5. The molecule has 1 aromatic rings. The third-order valence-corrected chi connectivity index (χ3v) is 2.63. The van der Waals surface area contributed by atoms with Gasteiger partial charge in [0.15, 0.2) is 6.10 Å². The number of aryl methyl sites for hydroxylation is 1. The molecule has 2 unspecified atom stereocenters. The molecule has 0 radical (unpaired) electrons. The van der Waals surface area contributed by atoms with Crippen LogP contribution in [0.25, 0.3) is 0 Å². The Morgan fingerprint density at radius 1 is 1.39 bits per heavy atom. The van der Waals surface area contributed by atoms with E-state index in [1.807, 2.05) is 0 Å². The van der Waals surface area contributed by atoms with E-state index in [4.69, 9.17) is 4.74 Å². The fourth-order valence-corrected chi connectivity index (χ4v) is 1.59. The number of benzene rings is 1. The summed E-state index contributed by atoms with van der Waals surface area (Å²) >= 11 is 0. The number of esters is 1. The largest absolute Gasteiger partial charge is 0.497 e. The summed E-state index contributed by atoms with van der Waals surface area (Å²) in [4.78, 5) is 11.4. The van der Waals surface area contributed by atoms with Gasteiger partial charge in [0, 0.05) is 0 Å². The molecule has 5 nitrogen and oxygen atoms in total. The molecule has 18 heavy (non-hydrogen) atoms. The van der Waals surface area contributed by atoms with E-state index >= 15 is 0 Å². The smallest absolute Gasteiger partial charge is 0.338 e. The minimum atomic E-state index is -1.60. The highest BCUT2D eigenvalue weighted by Gasteiger charge is 2.28. The molecule has 0 fully saturated rings. The van der Waals surface area contributed by atoms with Crippen molar-refractivity contribution >= 4 is 5.97 Å². The van der Waals surface area contributed by atoms with Crippen LogP contribution in [-0.2, 0) is 9.53 Å². The first-order chi connectivity index (χ1) is 8.51. The second-order valence-electron chi connectivity index (χ2n) is 3.86. The molecule has 0 aliphatic heterocycles. The van der Waals surface area contributed by atoms with E-state index in [1.165, 1.54) is 7.11 Å². The summed E-state index contributed by atoms with van der Waals surface area (Å²) in [5.74, 6) is -0.294. The minimum absolute atomic E-state index is 0.152. The molecule has 0 bridgehead atoms. The minimum Gasteiger partial charge on any atom is -0.497 e. The Morgan fingerprint density at radius 2 is 2.06 bits per heavy atom. The van der Waals surface area contributed by atoms with Gasteiger partial charge < -0.3 is 19.7 Å². The van der Waals surface area contributed by atoms with Gasteiger partial charge in [0.25, 0.3) is 0 Å². The van der Waals surface area contributed by atoms with Crippen molar-refractivity contribution in [1.29, 1.82) is 0 Å². The summed E-state index contributed by atoms with van der Waals surface area (Å²) < 4.78 is 9.70. The van der Waals surface area contributed by atoms with Gasteiger partial charge in [-0.1, -0.05) is 6.07 Å². The summed E-state index contributed by atoms with van der Waals surface area (Å²) in [6.07, 6.45) is -2.94. The summed E-state index contributed by atoms with van der Waals surface area (Å²) in [5, 5.41) is 19.7. The van der Waals surface area contributed by atoms with Gasteiger partial charge in [-0.2, -0.15) is 0 Å². The van der Waals surface area contributed by atoms with Crippen LogP contribution in [0.5, 0.6) is 5.75 Å². The van der Waals surface area contributed by atoms with Crippen molar-refractivity contribution in [3.05, 3.63) is 29.3 Å². The molecule has 0 heterocycles. The maximum absolute atomic E-state index is 11.4. The van der Waals surface area contributed by atoms with Crippen LogP contribution in [0.2, 0.25) is 0 Å². The van der Waals surface area contributed by atoms with Gasteiger partial charge in [-0.3, -0.25) is 0 Å². The molecule has 2 N–H and O–H groups in total. The number of methoxy groups -OCH3 is 1. The molecule has 0 aliphatic rings. The van der Waals surface area contributed by atoms with Crippen LogP contribution in [0.15, 0.2) is 18.2 Å². The molecule has 100 valence electrons. The van der Waals surface area contributed by atoms with Crippen molar-refractivity contribution in [3.8, 4) is 5.75 Å². The van der Waals surface area contributed by atoms with E-state index in [0.29, 0.717) is 11.3 Å². The Hall–Kier alpha value is -1.59. The van der Waals surface area contributed by atoms with Crippen LogP contribution in [0.3, 0.4) is 0 Å². The SMILES string of the molecule is CCOC(=O)C(O)C(O)c1cc(OC)ccc1C. The number of aliphatic hydroxyl groups excluding tert-OH is 2. The predicted molar refractivity (Wildman–Crippen MR) is 65.3 cm³/mol. The third-order valence-electron chi connectivity index (χ3n) is 2.63. The second kappa shape index (κ2) is 6.37. The highest BCUT2D eigenvalue weighted by molar-refractivity contribution is 5.75. The number of hydrogen-bond acceptors (Lipinski definition) is 5. The van der Waals surface area contributed by atoms with Gasteiger partial charge in [0.1, 0.15) is 11.9 Å². The number of ether oxygens (including phenoxy) is 2. The van der Waals surface area contributed by atoms with E-state index < -0.39 is 18.2 Å². The lowest BCUT2D eigenvalue weighted by Crippen LogP contribution is -2.30.